The predicted molar refractivity (Wildman–Crippen MR) is 103 cm³/mol. The fraction of sp³-hybridized carbons (Fsp3) is 0.278. The first kappa shape index (κ1) is 16.4. The van der Waals surface area contributed by atoms with Gasteiger partial charge in [-0.3, -0.25) is 14.2 Å². The van der Waals surface area contributed by atoms with Crippen LogP contribution in [0.4, 0.5) is 5.69 Å². The summed E-state index contributed by atoms with van der Waals surface area (Å²) in [6, 6.07) is 7.70. The molecule has 0 fully saturated rings. The highest BCUT2D eigenvalue weighted by molar-refractivity contribution is 7.98. The van der Waals surface area contributed by atoms with E-state index in [0.717, 1.165) is 41.4 Å². The lowest BCUT2D eigenvalue weighted by atomic mass is 10.2. The lowest BCUT2D eigenvalue weighted by Crippen LogP contribution is -2.20. The number of aryl methyl sites for hydroxylation is 2. The SMILES string of the molecule is CSc1ccc(NC(=O)c2sc3nc4n(c(=O)c3c2C)CCC4)cc1. The first-order chi connectivity index (χ1) is 12.1. The third-order valence-electron chi connectivity index (χ3n) is 4.47. The molecule has 1 aromatic carbocycles. The standard InChI is InChI=1S/C18H17N3O2S2/c1-10-14-17(20-13-4-3-9-21(13)18(14)23)25-15(10)16(22)19-11-5-7-12(24-2)8-6-11/h5-8H,3-4,9H2,1-2H3,(H,19,22). The van der Waals surface area contributed by atoms with Crippen molar-refractivity contribution in [3.8, 4) is 0 Å². The van der Waals surface area contributed by atoms with Crippen LogP contribution in [0.15, 0.2) is 34.0 Å². The van der Waals surface area contributed by atoms with Crippen LogP contribution in [0.25, 0.3) is 10.2 Å². The number of carbonyl (C=O) groups excluding carboxylic acids is 1. The minimum absolute atomic E-state index is 0.0189. The van der Waals surface area contributed by atoms with Crippen LogP contribution in [0.3, 0.4) is 0 Å². The van der Waals surface area contributed by atoms with Gasteiger partial charge in [0.2, 0.25) is 0 Å². The molecule has 7 heteroatoms. The molecule has 0 bridgehead atoms. The summed E-state index contributed by atoms with van der Waals surface area (Å²) >= 11 is 2.95. The van der Waals surface area contributed by atoms with Gasteiger partial charge < -0.3 is 5.32 Å². The van der Waals surface area contributed by atoms with Gasteiger partial charge in [0.05, 0.1) is 10.3 Å². The maximum absolute atomic E-state index is 12.7. The molecule has 128 valence electrons. The van der Waals surface area contributed by atoms with Crippen molar-refractivity contribution >= 4 is 44.9 Å². The smallest absolute Gasteiger partial charge is 0.266 e. The zero-order valence-electron chi connectivity index (χ0n) is 14.0. The van der Waals surface area contributed by atoms with E-state index < -0.39 is 0 Å². The number of anilines is 1. The van der Waals surface area contributed by atoms with E-state index in [1.165, 1.54) is 11.3 Å². The number of amides is 1. The van der Waals surface area contributed by atoms with Crippen molar-refractivity contribution in [1.29, 1.82) is 0 Å². The van der Waals surface area contributed by atoms with Gasteiger partial charge in [-0.05, 0) is 49.4 Å². The minimum atomic E-state index is -0.193. The molecule has 1 aliphatic rings. The Morgan fingerprint density at radius 3 is 2.80 bits per heavy atom. The molecule has 25 heavy (non-hydrogen) atoms. The number of aromatic nitrogens is 2. The first-order valence-electron chi connectivity index (χ1n) is 8.06. The van der Waals surface area contributed by atoms with Crippen molar-refractivity contribution in [3.63, 3.8) is 0 Å². The number of hydrogen-bond donors (Lipinski definition) is 1. The average Bonchev–Trinajstić information content (AvgIpc) is 3.21. The van der Waals surface area contributed by atoms with Crippen molar-refractivity contribution in [3.05, 3.63) is 50.9 Å². The Hall–Kier alpha value is -2.12. The number of nitrogens with one attached hydrogen (secondary N) is 1. The molecule has 4 rings (SSSR count). The van der Waals surface area contributed by atoms with Crippen LogP contribution in [0.2, 0.25) is 0 Å². The lowest BCUT2D eigenvalue weighted by Gasteiger charge is -2.05. The van der Waals surface area contributed by atoms with E-state index in [4.69, 9.17) is 0 Å². The van der Waals surface area contributed by atoms with E-state index in [0.29, 0.717) is 15.1 Å². The number of fused-ring (bicyclic) bond motifs is 2. The van der Waals surface area contributed by atoms with Crippen LogP contribution >= 0.6 is 23.1 Å². The molecule has 0 spiro atoms. The summed E-state index contributed by atoms with van der Waals surface area (Å²) in [7, 11) is 0. The Morgan fingerprint density at radius 2 is 2.08 bits per heavy atom. The van der Waals surface area contributed by atoms with E-state index >= 15 is 0 Å². The van der Waals surface area contributed by atoms with Gasteiger partial charge in [-0.15, -0.1) is 23.1 Å². The number of carbonyl (C=O) groups is 1. The largest absolute Gasteiger partial charge is 0.321 e. The van der Waals surface area contributed by atoms with Gasteiger partial charge in [0, 0.05) is 23.5 Å². The van der Waals surface area contributed by atoms with Crippen molar-refractivity contribution in [1.82, 2.24) is 9.55 Å². The van der Waals surface area contributed by atoms with E-state index in [9.17, 15) is 9.59 Å². The number of thiophene rings is 1. The summed E-state index contributed by atoms with van der Waals surface area (Å²) in [6.45, 7) is 2.55. The summed E-state index contributed by atoms with van der Waals surface area (Å²) < 4.78 is 1.74. The minimum Gasteiger partial charge on any atom is -0.321 e. The predicted octanol–water partition coefficient (Wildman–Crippen LogP) is 3.69. The Bertz CT molecular complexity index is 1040. The Balaban J connectivity index is 1.71. The molecule has 1 aliphatic heterocycles. The maximum Gasteiger partial charge on any atom is 0.266 e. The van der Waals surface area contributed by atoms with Gasteiger partial charge in [-0.2, -0.15) is 0 Å². The van der Waals surface area contributed by atoms with Gasteiger partial charge in [-0.25, -0.2) is 4.98 Å². The maximum atomic E-state index is 12.7. The number of hydrogen-bond acceptors (Lipinski definition) is 5. The van der Waals surface area contributed by atoms with Crippen molar-refractivity contribution in [2.75, 3.05) is 11.6 Å². The molecule has 0 saturated heterocycles. The van der Waals surface area contributed by atoms with E-state index in [1.807, 2.05) is 37.4 Å². The van der Waals surface area contributed by atoms with Crippen molar-refractivity contribution in [2.24, 2.45) is 0 Å². The summed E-state index contributed by atoms with van der Waals surface area (Å²) in [5.74, 6) is 0.639. The van der Waals surface area contributed by atoms with E-state index in [2.05, 4.69) is 10.3 Å². The molecule has 0 saturated carbocycles. The summed E-state index contributed by atoms with van der Waals surface area (Å²) in [4.78, 5) is 32.4. The molecular weight excluding hydrogens is 354 g/mol. The molecule has 0 atom stereocenters. The topological polar surface area (TPSA) is 64.0 Å². The second-order valence-corrected chi connectivity index (χ2v) is 7.89. The molecular formula is C18H17N3O2S2. The molecule has 3 aromatic rings. The molecule has 3 heterocycles. The second kappa shape index (κ2) is 6.31. The fourth-order valence-electron chi connectivity index (χ4n) is 3.15. The Labute approximate surface area is 153 Å². The second-order valence-electron chi connectivity index (χ2n) is 6.01. The highest BCUT2D eigenvalue weighted by Gasteiger charge is 2.23. The van der Waals surface area contributed by atoms with E-state index in [-0.39, 0.29) is 11.5 Å². The monoisotopic (exact) mass is 371 g/mol. The molecule has 2 aromatic heterocycles. The normalized spacial score (nSPS) is 13.2. The van der Waals surface area contributed by atoms with Gasteiger partial charge in [0.25, 0.3) is 11.5 Å². The van der Waals surface area contributed by atoms with Crippen LogP contribution in [0.5, 0.6) is 0 Å². The molecule has 1 amide bonds. The number of thioether (sulfide) groups is 1. The van der Waals surface area contributed by atoms with Crippen LogP contribution in [0.1, 0.15) is 27.5 Å². The molecule has 0 aliphatic carbocycles. The Morgan fingerprint density at radius 1 is 1.32 bits per heavy atom. The van der Waals surface area contributed by atoms with Crippen molar-refractivity contribution < 1.29 is 4.79 Å². The van der Waals surface area contributed by atoms with Gasteiger partial charge in [0.1, 0.15) is 10.7 Å². The third-order valence-corrected chi connectivity index (χ3v) is 6.39. The van der Waals surface area contributed by atoms with Crippen molar-refractivity contribution in [2.45, 2.75) is 31.2 Å². The number of nitrogens with zero attached hydrogens (tertiary/aromatic N) is 2. The quantitative estimate of drug-likeness (QED) is 0.713. The average molecular weight is 371 g/mol. The summed E-state index contributed by atoms with van der Waals surface area (Å²) in [6.07, 6.45) is 3.79. The van der Waals surface area contributed by atoms with Gasteiger partial charge in [-0.1, -0.05) is 0 Å². The molecule has 0 unspecified atom stereocenters. The Kier molecular flexibility index (Phi) is 4.13. The molecule has 1 N–H and O–H groups in total. The summed E-state index contributed by atoms with van der Waals surface area (Å²) in [5, 5.41) is 3.50. The third kappa shape index (κ3) is 2.77. The highest BCUT2D eigenvalue weighted by atomic mass is 32.2. The molecule has 0 radical (unpaired) electrons. The number of rotatable bonds is 3. The molecule has 5 nitrogen and oxygen atoms in total. The van der Waals surface area contributed by atoms with Gasteiger partial charge in [0.15, 0.2) is 0 Å². The zero-order valence-corrected chi connectivity index (χ0v) is 15.6. The lowest BCUT2D eigenvalue weighted by molar-refractivity contribution is 0.103. The van der Waals surface area contributed by atoms with Crippen LogP contribution in [0, 0.1) is 6.92 Å². The van der Waals surface area contributed by atoms with Crippen LogP contribution < -0.4 is 10.9 Å². The zero-order chi connectivity index (χ0) is 17.6. The fourth-order valence-corrected chi connectivity index (χ4v) is 4.65. The van der Waals surface area contributed by atoms with Crippen LogP contribution in [-0.2, 0) is 13.0 Å². The number of benzene rings is 1. The van der Waals surface area contributed by atoms with E-state index in [1.54, 1.807) is 16.3 Å². The first-order valence-corrected chi connectivity index (χ1v) is 10.1. The van der Waals surface area contributed by atoms with Gasteiger partial charge >= 0.3 is 0 Å². The summed E-state index contributed by atoms with van der Waals surface area (Å²) in [5.41, 5.74) is 1.44. The highest BCUT2D eigenvalue weighted by Crippen LogP contribution is 2.29. The van der Waals surface area contributed by atoms with Crippen LogP contribution in [-0.4, -0.2) is 21.7 Å².